The monoisotopic (exact) mass is 589 g/mol. The lowest BCUT2D eigenvalue weighted by molar-refractivity contribution is -0.147. The average molecular weight is 590 g/mol. The van der Waals surface area contributed by atoms with E-state index in [9.17, 15) is 27.6 Å². The number of ether oxygens (including phenoxy) is 2. The Bertz CT molecular complexity index is 1710. The summed E-state index contributed by atoms with van der Waals surface area (Å²) in [6, 6.07) is 2.49. The van der Waals surface area contributed by atoms with Gasteiger partial charge in [0.25, 0.3) is 5.91 Å². The molecule has 3 aromatic heterocycles. The number of alkyl halides is 3. The zero-order valence-corrected chi connectivity index (χ0v) is 22.6. The Kier molecular flexibility index (Phi) is 7.49. The quantitative estimate of drug-likeness (QED) is 0.305. The summed E-state index contributed by atoms with van der Waals surface area (Å²) in [4.78, 5) is 48.3. The minimum atomic E-state index is -4.69. The van der Waals surface area contributed by atoms with Gasteiger partial charge in [-0.05, 0) is 38.1 Å². The molecule has 0 aliphatic carbocycles. The number of benzene rings is 1. The van der Waals surface area contributed by atoms with Crippen molar-refractivity contribution in [1.82, 2.24) is 29.6 Å². The van der Waals surface area contributed by atoms with Gasteiger partial charge in [0.2, 0.25) is 5.89 Å². The van der Waals surface area contributed by atoms with E-state index in [2.05, 4.69) is 20.2 Å². The predicted octanol–water partition coefficient (Wildman–Crippen LogP) is 2.84. The highest BCUT2D eigenvalue weighted by atomic mass is 19.4. The lowest BCUT2D eigenvalue weighted by Gasteiger charge is -2.22. The molecule has 4 heterocycles. The number of nitrogens with one attached hydrogen (secondary N) is 1. The van der Waals surface area contributed by atoms with Crippen molar-refractivity contribution in [3.05, 3.63) is 58.2 Å². The van der Waals surface area contributed by atoms with E-state index in [1.807, 2.05) is 0 Å². The van der Waals surface area contributed by atoms with Crippen molar-refractivity contribution in [1.29, 1.82) is 0 Å². The van der Waals surface area contributed by atoms with Crippen LogP contribution in [0.3, 0.4) is 0 Å². The summed E-state index contributed by atoms with van der Waals surface area (Å²) < 4.78 is 57.8. The van der Waals surface area contributed by atoms with Crippen LogP contribution in [0, 0.1) is 0 Å². The van der Waals surface area contributed by atoms with Gasteiger partial charge in [-0.25, -0.2) is 24.7 Å². The van der Waals surface area contributed by atoms with Gasteiger partial charge in [0, 0.05) is 23.9 Å². The van der Waals surface area contributed by atoms with Crippen LogP contribution in [0.1, 0.15) is 54.3 Å². The molecule has 222 valence electrons. The van der Waals surface area contributed by atoms with E-state index in [0.717, 1.165) is 6.07 Å². The Morgan fingerprint density at radius 1 is 1.24 bits per heavy atom. The molecule has 1 saturated heterocycles. The van der Waals surface area contributed by atoms with Crippen LogP contribution in [0.2, 0.25) is 0 Å². The molecule has 0 bridgehead atoms. The Labute approximate surface area is 235 Å². The highest BCUT2D eigenvalue weighted by Gasteiger charge is 2.44. The molecule has 0 unspecified atom stereocenters. The molecule has 16 heteroatoms. The molecular formula is C26H26F3N7O6. The first-order valence-electron chi connectivity index (χ1n) is 12.8. The molecule has 3 atom stereocenters. The van der Waals surface area contributed by atoms with Crippen LogP contribution < -0.4 is 16.2 Å². The second kappa shape index (κ2) is 10.9. The first-order chi connectivity index (χ1) is 19.9. The van der Waals surface area contributed by atoms with Gasteiger partial charge in [-0.3, -0.25) is 9.36 Å². The number of halogens is 3. The number of esters is 1. The molecule has 4 aromatic rings. The van der Waals surface area contributed by atoms with Crippen LogP contribution in [0.4, 0.5) is 13.2 Å². The molecule has 0 spiro atoms. The SMILES string of the molecule is CCOC(=O)[C@@H]1C[C@H](n2cn[nH]c2=O)CN1C(=O)c1nc(-c2ccc(OC)c3nc(C(F)(F)F)ccc23)oc1[C@H](C)N. The van der Waals surface area contributed by atoms with Gasteiger partial charge >= 0.3 is 17.8 Å². The average Bonchev–Trinajstić information content (AvgIpc) is 3.69. The zero-order valence-electron chi connectivity index (χ0n) is 22.6. The number of nitrogens with two attached hydrogens (primary N) is 1. The summed E-state index contributed by atoms with van der Waals surface area (Å²) in [6.45, 7) is 3.21. The number of aromatic amines is 1. The predicted molar refractivity (Wildman–Crippen MR) is 139 cm³/mol. The second-order valence-corrected chi connectivity index (χ2v) is 9.61. The van der Waals surface area contributed by atoms with Crippen molar-refractivity contribution >= 4 is 22.8 Å². The number of hydrogen-bond donors (Lipinski definition) is 2. The number of oxazole rings is 1. The van der Waals surface area contributed by atoms with Crippen LogP contribution in [0.25, 0.3) is 22.4 Å². The van der Waals surface area contributed by atoms with Gasteiger partial charge in [-0.15, -0.1) is 0 Å². The molecule has 5 rings (SSSR count). The molecule has 1 fully saturated rings. The number of hydrogen-bond acceptors (Lipinski definition) is 10. The van der Waals surface area contributed by atoms with Gasteiger partial charge in [0.15, 0.2) is 11.5 Å². The number of aromatic nitrogens is 5. The maximum atomic E-state index is 13.9. The largest absolute Gasteiger partial charge is 0.494 e. The fourth-order valence-corrected chi connectivity index (χ4v) is 4.96. The van der Waals surface area contributed by atoms with Crippen molar-refractivity contribution in [2.75, 3.05) is 20.3 Å². The van der Waals surface area contributed by atoms with Crippen molar-refractivity contribution in [2.24, 2.45) is 5.73 Å². The van der Waals surface area contributed by atoms with Crippen LogP contribution >= 0.6 is 0 Å². The van der Waals surface area contributed by atoms with E-state index in [1.54, 1.807) is 13.8 Å². The number of methoxy groups -OCH3 is 1. The maximum absolute atomic E-state index is 13.9. The first kappa shape index (κ1) is 28.8. The van der Waals surface area contributed by atoms with Gasteiger partial charge in [0.05, 0.1) is 25.8 Å². The summed E-state index contributed by atoms with van der Waals surface area (Å²) >= 11 is 0. The topological polar surface area (TPSA) is 171 Å². The summed E-state index contributed by atoms with van der Waals surface area (Å²) in [5.74, 6) is -1.39. The molecule has 0 saturated carbocycles. The Morgan fingerprint density at radius 2 is 2.00 bits per heavy atom. The number of carbonyl (C=O) groups is 2. The van der Waals surface area contributed by atoms with E-state index in [-0.39, 0.29) is 59.1 Å². The van der Waals surface area contributed by atoms with E-state index >= 15 is 0 Å². The van der Waals surface area contributed by atoms with E-state index in [0.29, 0.717) is 0 Å². The number of likely N-dealkylation sites (tertiary alicyclic amines) is 1. The van der Waals surface area contributed by atoms with Crippen molar-refractivity contribution in [3.63, 3.8) is 0 Å². The number of rotatable bonds is 7. The maximum Gasteiger partial charge on any atom is 0.433 e. The van der Waals surface area contributed by atoms with E-state index in [4.69, 9.17) is 19.6 Å². The fourth-order valence-electron chi connectivity index (χ4n) is 4.96. The molecule has 1 aromatic carbocycles. The highest BCUT2D eigenvalue weighted by Crippen LogP contribution is 2.38. The van der Waals surface area contributed by atoms with E-state index < -0.39 is 47.6 Å². The number of H-pyrrole nitrogens is 1. The minimum Gasteiger partial charge on any atom is -0.494 e. The lowest BCUT2D eigenvalue weighted by Crippen LogP contribution is -2.42. The summed E-state index contributed by atoms with van der Waals surface area (Å²) in [5, 5.41) is 6.23. The standard InChI is InChI=1S/C26H26F3N7O6/c1-4-41-24(38)16-9-13(36-11-31-34-25(36)39)10-35(16)23(37)20-21(12(2)30)42-22(33-20)15-5-7-17(40-3)19-14(15)6-8-18(32-19)26(27,28)29/h5-8,11-13,16H,4,9-10,30H2,1-3H3,(H,34,39)/t12-,13-,16-/m0/s1. The molecule has 3 N–H and O–H groups in total. The van der Waals surface area contributed by atoms with Crippen molar-refractivity contribution in [3.8, 4) is 17.2 Å². The molecule has 1 aliphatic rings. The molecule has 13 nitrogen and oxygen atoms in total. The van der Waals surface area contributed by atoms with Crippen LogP contribution in [-0.2, 0) is 15.7 Å². The lowest BCUT2D eigenvalue weighted by atomic mass is 10.1. The highest BCUT2D eigenvalue weighted by molar-refractivity contribution is 5.99. The summed E-state index contributed by atoms with van der Waals surface area (Å²) in [6.07, 6.45) is -3.33. The smallest absolute Gasteiger partial charge is 0.433 e. The van der Waals surface area contributed by atoms with Crippen molar-refractivity contribution in [2.45, 2.75) is 44.6 Å². The number of pyridine rings is 1. The fraction of sp³-hybridized carbons (Fsp3) is 0.385. The Morgan fingerprint density at radius 3 is 2.62 bits per heavy atom. The molecule has 42 heavy (non-hydrogen) atoms. The van der Waals surface area contributed by atoms with Gasteiger partial charge in [-0.1, -0.05) is 0 Å². The van der Waals surface area contributed by atoms with Crippen LogP contribution in [0.15, 0.2) is 39.8 Å². The van der Waals surface area contributed by atoms with Crippen LogP contribution in [-0.4, -0.2) is 67.8 Å². The molecule has 0 radical (unpaired) electrons. The van der Waals surface area contributed by atoms with Gasteiger partial charge in [-0.2, -0.15) is 18.3 Å². The third-order valence-corrected chi connectivity index (χ3v) is 6.90. The number of carbonyl (C=O) groups excluding carboxylic acids is 2. The third kappa shape index (κ3) is 5.08. The second-order valence-electron chi connectivity index (χ2n) is 9.61. The van der Waals surface area contributed by atoms with E-state index in [1.165, 1.54) is 41.1 Å². The third-order valence-electron chi connectivity index (χ3n) is 6.90. The minimum absolute atomic E-state index is 0.00891. The number of nitrogens with zero attached hydrogens (tertiary/aromatic N) is 5. The van der Waals surface area contributed by atoms with Crippen LogP contribution in [0.5, 0.6) is 5.75 Å². The van der Waals surface area contributed by atoms with Crippen molar-refractivity contribution < 1.29 is 36.7 Å². The van der Waals surface area contributed by atoms with Gasteiger partial charge < -0.3 is 24.5 Å². The number of fused-ring (bicyclic) bond motifs is 1. The van der Waals surface area contributed by atoms with Gasteiger partial charge in [0.1, 0.15) is 29.3 Å². The molecule has 1 amide bonds. The Balaban J connectivity index is 1.59. The molecular weight excluding hydrogens is 563 g/mol. The first-order valence-corrected chi connectivity index (χ1v) is 12.8. The normalized spacial score (nSPS) is 17.9. The summed E-state index contributed by atoms with van der Waals surface area (Å²) in [7, 11) is 1.30. The zero-order chi connectivity index (χ0) is 30.3. The number of amides is 1. The Hall–Kier alpha value is -4.73. The summed E-state index contributed by atoms with van der Waals surface area (Å²) in [5.41, 5.74) is 4.45. The molecule has 1 aliphatic heterocycles.